The van der Waals surface area contributed by atoms with E-state index in [1.165, 1.54) is 0 Å². The summed E-state index contributed by atoms with van der Waals surface area (Å²) in [5, 5.41) is 3.20. The van der Waals surface area contributed by atoms with Gasteiger partial charge in [-0.1, -0.05) is 0 Å². The lowest BCUT2D eigenvalue weighted by molar-refractivity contribution is -0.159. The van der Waals surface area contributed by atoms with Crippen LogP contribution in [0.15, 0.2) is 0 Å². The molecule has 1 aliphatic rings. The Labute approximate surface area is 86.2 Å². The van der Waals surface area contributed by atoms with Gasteiger partial charge in [0.1, 0.15) is 5.60 Å². The molecule has 0 unspecified atom stereocenters. The molecule has 3 heteroatoms. The van der Waals surface area contributed by atoms with E-state index in [2.05, 4.69) is 5.32 Å². The van der Waals surface area contributed by atoms with Gasteiger partial charge >= 0.3 is 5.97 Å². The third-order valence-corrected chi connectivity index (χ3v) is 2.58. The second kappa shape index (κ2) is 4.30. The first-order chi connectivity index (χ1) is 6.42. The summed E-state index contributed by atoms with van der Waals surface area (Å²) < 4.78 is 5.35. The minimum Gasteiger partial charge on any atom is -0.460 e. The van der Waals surface area contributed by atoms with Crippen molar-refractivity contribution in [2.45, 2.75) is 51.7 Å². The largest absolute Gasteiger partial charge is 0.460 e. The highest BCUT2D eigenvalue weighted by atomic mass is 16.6. The predicted octanol–water partition coefficient (Wildman–Crippen LogP) is 1.72. The summed E-state index contributed by atoms with van der Waals surface area (Å²) >= 11 is 0. The molecule has 0 bridgehead atoms. The molecular weight excluding hydrogens is 178 g/mol. The standard InChI is InChI=1S/C11H21NO2/c1-11(2,3)14-10(13)8-5-6-9(7-8)12-4/h8-9,12H,5-7H2,1-4H3/t8-,9+/m1/s1. The Morgan fingerprint density at radius 1 is 1.36 bits per heavy atom. The van der Waals surface area contributed by atoms with Gasteiger partial charge < -0.3 is 10.1 Å². The zero-order valence-corrected chi connectivity index (χ0v) is 9.59. The number of nitrogens with one attached hydrogen (secondary N) is 1. The van der Waals surface area contributed by atoms with Crippen LogP contribution in [0.5, 0.6) is 0 Å². The third-order valence-electron chi connectivity index (χ3n) is 2.58. The maximum Gasteiger partial charge on any atom is 0.309 e. The smallest absolute Gasteiger partial charge is 0.309 e. The van der Waals surface area contributed by atoms with E-state index in [1.807, 2.05) is 27.8 Å². The summed E-state index contributed by atoms with van der Waals surface area (Å²) in [5.41, 5.74) is -0.352. The summed E-state index contributed by atoms with van der Waals surface area (Å²) in [6.45, 7) is 5.74. The monoisotopic (exact) mass is 199 g/mol. The molecule has 0 radical (unpaired) electrons. The minimum absolute atomic E-state index is 0.0322. The zero-order valence-electron chi connectivity index (χ0n) is 9.59. The molecule has 1 fully saturated rings. The van der Waals surface area contributed by atoms with Crippen molar-refractivity contribution in [3.05, 3.63) is 0 Å². The summed E-state index contributed by atoms with van der Waals surface area (Å²) in [6.07, 6.45) is 2.96. The Bertz CT molecular complexity index is 208. The molecule has 0 aromatic rings. The maximum atomic E-state index is 11.7. The number of hydrogen-bond acceptors (Lipinski definition) is 3. The minimum atomic E-state index is -0.352. The van der Waals surface area contributed by atoms with Gasteiger partial charge in [0.05, 0.1) is 5.92 Å². The normalized spacial score (nSPS) is 27.7. The first-order valence-electron chi connectivity index (χ1n) is 5.32. The summed E-state index contributed by atoms with van der Waals surface area (Å²) in [5.74, 6) is 0.0712. The quantitative estimate of drug-likeness (QED) is 0.688. The second-order valence-corrected chi connectivity index (χ2v) is 5.03. The van der Waals surface area contributed by atoms with Crippen LogP contribution in [-0.4, -0.2) is 24.7 Å². The fourth-order valence-corrected chi connectivity index (χ4v) is 1.84. The average molecular weight is 199 g/mol. The fourth-order valence-electron chi connectivity index (χ4n) is 1.84. The van der Waals surface area contributed by atoms with Crippen molar-refractivity contribution in [3.8, 4) is 0 Å². The van der Waals surface area contributed by atoms with Crippen LogP contribution in [-0.2, 0) is 9.53 Å². The lowest BCUT2D eigenvalue weighted by Gasteiger charge is -2.22. The Morgan fingerprint density at radius 3 is 2.43 bits per heavy atom. The summed E-state index contributed by atoms with van der Waals surface area (Å²) in [4.78, 5) is 11.7. The lowest BCUT2D eigenvalue weighted by atomic mass is 10.1. The zero-order chi connectivity index (χ0) is 10.8. The molecule has 0 aromatic heterocycles. The molecule has 2 atom stereocenters. The Balaban J connectivity index is 2.40. The predicted molar refractivity (Wildman–Crippen MR) is 56.0 cm³/mol. The van der Waals surface area contributed by atoms with Gasteiger partial charge in [-0.2, -0.15) is 0 Å². The van der Waals surface area contributed by atoms with E-state index < -0.39 is 0 Å². The topological polar surface area (TPSA) is 38.3 Å². The van der Waals surface area contributed by atoms with E-state index >= 15 is 0 Å². The number of ether oxygens (including phenoxy) is 1. The molecule has 0 heterocycles. The van der Waals surface area contributed by atoms with Gasteiger partial charge in [0.15, 0.2) is 0 Å². The molecule has 0 aliphatic heterocycles. The van der Waals surface area contributed by atoms with Gasteiger partial charge in [-0.05, 0) is 47.1 Å². The molecule has 3 nitrogen and oxygen atoms in total. The molecule has 1 aliphatic carbocycles. The molecule has 14 heavy (non-hydrogen) atoms. The second-order valence-electron chi connectivity index (χ2n) is 5.03. The van der Waals surface area contributed by atoms with E-state index in [-0.39, 0.29) is 17.5 Å². The van der Waals surface area contributed by atoms with Crippen LogP contribution in [0, 0.1) is 5.92 Å². The molecule has 0 aromatic carbocycles. The highest BCUT2D eigenvalue weighted by Gasteiger charge is 2.32. The molecule has 0 amide bonds. The van der Waals surface area contributed by atoms with Gasteiger partial charge in [0, 0.05) is 6.04 Å². The van der Waals surface area contributed by atoms with Gasteiger partial charge in [-0.25, -0.2) is 0 Å². The first-order valence-corrected chi connectivity index (χ1v) is 5.32. The van der Waals surface area contributed by atoms with Crippen molar-refractivity contribution in [2.24, 2.45) is 5.92 Å². The number of carbonyl (C=O) groups excluding carboxylic acids is 1. The van der Waals surface area contributed by atoms with Gasteiger partial charge in [0.2, 0.25) is 0 Å². The van der Waals surface area contributed by atoms with Crippen molar-refractivity contribution >= 4 is 5.97 Å². The summed E-state index contributed by atoms with van der Waals surface area (Å²) in [7, 11) is 1.95. The van der Waals surface area contributed by atoms with Crippen LogP contribution in [0.3, 0.4) is 0 Å². The molecule has 1 N–H and O–H groups in total. The Morgan fingerprint density at radius 2 is 2.00 bits per heavy atom. The third kappa shape index (κ3) is 3.29. The van der Waals surface area contributed by atoms with E-state index in [0.717, 1.165) is 19.3 Å². The molecular formula is C11H21NO2. The van der Waals surface area contributed by atoms with Crippen LogP contribution >= 0.6 is 0 Å². The highest BCUT2D eigenvalue weighted by Crippen LogP contribution is 2.27. The number of esters is 1. The van der Waals surface area contributed by atoms with Crippen LogP contribution in [0.4, 0.5) is 0 Å². The molecule has 82 valence electrons. The van der Waals surface area contributed by atoms with E-state index in [0.29, 0.717) is 6.04 Å². The average Bonchev–Trinajstić information content (AvgIpc) is 2.48. The SMILES string of the molecule is CN[C@H]1CC[C@@H](C(=O)OC(C)(C)C)C1. The van der Waals surface area contributed by atoms with Crippen molar-refractivity contribution < 1.29 is 9.53 Å². The molecule has 0 saturated heterocycles. The van der Waals surface area contributed by atoms with Crippen molar-refractivity contribution in [3.63, 3.8) is 0 Å². The van der Waals surface area contributed by atoms with Crippen LogP contribution < -0.4 is 5.32 Å². The first kappa shape index (κ1) is 11.5. The van der Waals surface area contributed by atoms with Crippen molar-refractivity contribution in [1.82, 2.24) is 5.32 Å². The van der Waals surface area contributed by atoms with E-state index in [1.54, 1.807) is 0 Å². The van der Waals surface area contributed by atoms with Gasteiger partial charge in [0.25, 0.3) is 0 Å². The summed E-state index contributed by atoms with van der Waals surface area (Å²) in [6, 6.07) is 0.493. The molecule has 0 spiro atoms. The highest BCUT2D eigenvalue weighted by molar-refractivity contribution is 5.73. The van der Waals surface area contributed by atoms with E-state index in [4.69, 9.17) is 4.74 Å². The maximum absolute atomic E-state index is 11.7. The van der Waals surface area contributed by atoms with Crippen LogP contribution in [0.1, 0.15) is 40.0 Å². The fraction of sp³-hybridized carbons (Fsp3) is 0.909. The van der Waals surface area contributed by atoms with Crippen LogP contribution in [0.2, 0.25) is 0 Å². The number of rotatable bonds is 2. The molecule has 1 saturated carbocycles. The number of carbonyl (C=O) groups is 1. The Kier molecular flexibility index (Phi) is 3.53. The lowest BCUT2D eigenvalue weighted by Crippen LogP contribution is -2.29. The van der Waals surface area contributed by atoms with Crippen molar-refractivity contribution in [1.29, 1.82) is 0 Å². The van der Waals surface area contributed by atoms with Gasteiger partial charge in [-0.15, -0.1) is 0 Å². The van der Waals surface area contributed by atoms with Crippen LogP contribution in [0.25, 0.3) is 0 Å². The van der Waals surface area contributed by atoms with Gasteiger partial charge in [-0.3, -0.25) is 4.79 Å². The number of hydrogen-bond donors (Lipinski definition) is 1. The van der Waals surface area contributed by atoms with Crippen molar-refractivity contribution in [2.75, 3.05) is 7.05 Å². The molecule has 1 rings (SSSR count). The van der Waals surface area contributed by atoms with E-state index in [9.17, 15) is 4.79 Å². The Hall–Kier alpha value is -0.570.